The van der Waals surface area contributed by atoms with Gasteiger partial charge in [-0.05, 0) is 56.2 Å². The lowest BCUT2D eigenvalue weighted by atomic mass is 10.1. The molecule has 9 heteroatoms. The monoisotopic (exact) mass is 467 g/mol. The fourth-order valence-corrected chi connectivity index (χ4v) is 4.47. The number of aromatic nitrogens is 4. The van der Waals surface area contributed by atoms with Gasteiger partial charge in [0.25, 0.3) is 5.91 Å². The van der Waals surface area contributed by atoms with Crippen LogP contribution >= 0.6 is 22.9 Å². The molecule has 4 rings (SSSR count). The average Bonchev–Trinajstić information content (AvgIpc) is 3.32. The van der Waals surface area contributed by atoms with Gasteiger partial charge >= 0.3 is 0 Å². The molecule has 0 aliphatic rings. The van der Waals surface area contributed by atoms with Crippen molar-refractivity contribution in [2.45, 2.75) is 27.2 Å². The van der Waals surface area contributed by atoms with Gasteiger partial charge in [0.2, 0.25) is 0 Å². The van der Waals surface area contributed by atoms with E-state index >= 15 is 0 Å². The predicted octanol–water partition coefficient (Wildman–Crippen LogP) is 5.15. The number of benzene rings is 2. The molecule has 1 amide bonds. The van der Waals surface area contributed by atoms with Crippen LogP contribution in [-0.2, 0) is 6.42 Å². The Morgan fingerprint density at radius 1 is 1.16 bits per heavy atom. The number of rotatable bonds is 6. The maximum atomic E-state index is 12.9. The van der Waals surface area contributed by atoms with Crippen LogP contribution in [0.2, 0.25) is 5.02 Å². The zero-order valence-electron chi connectivity index (χ0n) is 18.1. The molecular weight excluding hydrogens is 446 g/mol. The molecule has 4 aromatic rings. The molecule has 0 fully saturated rings. The van der Waals surface area contributed by atoms with Crippen LogP contribution in [0.5, 0.6) is 5.75 Å². The maximum Gasteiger partial charge on any atom is 0.279 e. The average molecular weight is 468 g/mol. The minimum Gasteiger partial charge on any atom is -0.497 e. The molecule has 0 saturated heterocycles. The number of nitrogens with one attached hydrogen (secondary N) is 1. The van der Waals surface area contributed by atoms with Gasteiger partial charge in [0, 0.05) is 16.3 Å². The first-order chi connectivity index (χ1) is 15.4. The van der Waals surface area contributed by atoms with Crippen LogP contribution < -0.4 is 10.1 Å². The summed E-state index contributed by atoms with van der Waals surface area (Å²) >= 11 is 7.59. The van der Waals surface area contributed by atoms with Crippen LogP contribution in [0.3, 0.4) is 0 Å². The first kappa shape index (κ1) is 22.0. The first-order valence-electron chi connectivity index (χ1n) is 9.95. The van der Waals surface area contributed by atoms with Crippen LogP contribution in [0.4, 0.5) is 5.13 Å². The number of methoxy groups -OCH3 is 1. The van der Waals surface area contributed by atoms with Crippen molar-refractivity contribution in [1.29, 1.82) is 0 Å². The minimum atomic E-state index is -0.349. The second kappa shape index (κ2) is 9.10. The van der Waals surface area contributed by atoms with E-state index in [9.17, 15) is 4.79 Å². The maximum absolute atomic E-state index is 12.9. The molecule has 0 bridgehead atoms. The van der Waals surface area contributed by atoms with Gasteiger partial charge < -0.3 is 4.74 Å². The number of ether oxygens (including phenoxy) is 1. The number of hydrogen-bond acceptors (Lipinski definition) is 6. The van der Waals surface area contributed by atoms with E-state index < -0.39 is 0 Å². The molecule has 0 atom stereocenters. The molecule has 2 heterocycles. The normalized spacial score (nSPS) is 10.9. The SMILES string of the molecule is COc1ccc(Cc2sc(NC(=O)c3nnn(-c4cc(Cl)ccc4C)c3C)nc2C)cc1. The van der Waals surface area contributed by atoms with Gasteiger partial charge in [-0.3, -0.25) is 10.1 Å². The van der Waals surface area contributed by atoms with Crippen molar-refractivity contribution < 1.29 is 9.53 Å². The van der Waals surface area contributed by atoms with Gasteiger partial charge in [-0.2, -0.15) is 0 Å². The fraction of sp³-hybridized carbons (Fsp3) is 0.217. The third kappa shape index (κ3) is 4.51. The van der Waals surface area contributed by atoms with Crippen molar-refractivity contribution in [2.75, 3.05) is 12.4 Å². The fourth-order valence-electron chi connectivity index (χ4n) is 3.31. The van der Waals surface area contributed by atoms with Crippen LogP contribution in [0.25, 0.3) is 5.69 Å². The third-order valence-electron chi connectivity index (χ3n) is 5.15. The van der Waals surface area contributed by atoms with E-state index in [1.165, 1.54) is 11.3 Å². The van der Waals surface area contributed by atoms with Crippen molar-refractivity contribution in [3.8, 4) is 11.4 Å². The Morgan fingerprint density at radius 2 is 1.91 bits per heavy atom. The summed E-state index contributed by atoms with van der Waals surface area (Å²) in [6.45, 7) is 5.70. The number of amides is 1. The Hall–Kier alpha value is -3.23. The highest BCUT2D eigenvalue weighted by Crippen LogP contribution is 2.27. The summed E-state index contributed by atoms with van der Waals surface area (Å²) in [5.74, 6) is 0.470. The number of nitrogens with zero attached hydrogens (tertiary/aromatic N) is 4. The molecule has 164 valence electrons. The highest BCUT2D eigenvalue weighted by atomic mass is 35.5. The third-order valence-corrected chi connectivity index (χ3v) is 6.45. The molecule has 0 aliphatic carbocycles. The van der Waals surface area contributed by atoms with Crippen LogP contribution in [0, 0.1) is 20.8 Å². The standard InChI is InChI=1S/C23H22ClN5O2S/c1-13-5-8-17(24)12-19(13)29-15(3)21(27-28-29)22(30)26-23-25-14(2)20(32-23)11-16-6-9-18(31-4)10-7-16/h5-10,12H,11H2,1-4H3,(H,25,26,30). The Labute approximate surface area is 195 Å². The Morgan fingerprint density at radius 3 is 2.62 bits per heavy atom. The Bertz CT molecular complexity index is 1280. The van der Waals surface area contributed by atoms with Crippen LogP contribution in [0.15, 0.2) is 42.5 Å². The molecule has 2 aromatic heterocycles. The number of carbonyl (C=O) groups is 1. The number of thiazole rings is 1. The lowest BCUT2D eigenvalue weighted by Crippen LogP contribution is -2.14. The van der Waals surface area contributed by atoms with Gasteiger partial charge in [0.05, 0.1) is 24.2 Å². The summed E-state index contributed by atoms with van der Waals surface area (Å²) in [5, 5.41) is 12.2. The summed E-state index contributed by atoms with van der Waals surface area (Å²) in [4.78, 5) is 18.5. The van der Waals surface area contributed by atoms with E-state index in [1.807, 2.05) is 50.2 Å². The Kier molecular flexibility index (Phi) is 6.25. The van der Waals surface area contributed by atoms with E-state index in [0.717, 1.165) is 39.6 Å². The summed E-state index contributed by atoms with van der Waals surface area (Å²) in [6.07, 6.45) is 0.729. The zero-order valence-corrected chi connectivity index (χ0v) is 19.7. The molecule has 7 nitrogen and oxygen atoms in total. The molecule has 0 radical (unpaired) electrons. The van der Waals surface area contributed by atoms with E-state index in [0.29, 0.717) is 15.8 Å². The quantitative estimate of drug-likeness (QED) is 0.424. The molecule has 1 N–H and O–H groups in total. The van der Waals surface area contributed by atoms with Crippen molar-refractivity contribution in [3.63, 3.8) is 0 Å². The van der Waals surface area contributed by atoms with E-state index in [1.54, 1.807) is 24.8 Å². The molecule has 0 spiro atoms. The van der Waals surface area contributed by atoms with Gasteiger partial charge in [-0.1, -0.05) is 35.0 Å². The van der Waals surface area contributed by atoms with E-state index in [4.69, 9.17) is 16.3 Å². The van der Waals surface area contributed by atoms with E-state index in [2.05, 4.69) is 20.6 Å². The molecule has 2 aromatic carbocycles. The highest BCUT2D eigenvalue weighted by molar-refractivity contribution is 7.15. The summed E-state index contributed by atoms with van der Waals surface area (Å²) in [6, 6.07) is 13.4. The van der Waals surface area contributed by atoms with Gasteiger partial charge in [-0.15, -0.1) is 16.4 Å². The van der Waals surface area contributed by atoms with Gasteiger partial charge in [0.1, 0.15) is 5.75 Å². The zero-order chi connectivity index (χ0) is 22.8. The van der Waals surface area contributed by atoms with Crippen molar-refractivity contribution in [1.82, 2.24) is 20.0 Å². The molecule has 32 heavy (non-hydrogen) atoms. The van der Waals surface area contributed by atoms with Crippen molar-refractivity contribution in [3.05, 3.63) is 80.6 Å². The number of carbonyl (C=O) groups excluding carboxylic acids is 1. The van der Waals surface area contributed by atoms with Gasteiger partial charge in [0.15, 0.2) is 10.8 Å². The summed E-state index contributed by atoms with van der Waals surface area (Å²) < 4.78 is 6.83. The number of hydrogen-bond donors (Lipinski definition) is 1. The molecule has 0 unspecified atom stereocenters. The summed E-state index contributed by atoms with van der Waals surface area (Å²) in [5.41, 5.74) is 4.66. The summed E-state index contributed by atoms with van der Waals surface area (Å²) in [7, 11) is 1.65. The van der Waals surface area contributed by atoms with E-state index in [-0.39, 0.29) is 11.6 Å². The number of anilines is 1. The van der Waals surface area contributed by atoms with Crippen molar-refractivity contribution in [2.24, 2.45) is 0 Å². The molecule has 0 aliphatic heterocycles. The molecular formula is C23H22ClN5O2S. The van der Waals surface area contributed by atoms with Gasteiger partial charge in [-0.25, -0.2) is 9.67 Å². The minimum absolute atomic E-state index is 0.244. The first-order valence-corrected chi connectivity index (χ1v) is 11.1. The number of aryl methyl sites for hydroxylation is 2. The van der Waals surface area contributed by atoms with Crippen LogP contribution in [0.1, 0.15) is 37.9 Å². The molecule has 0 saturated carbocycles. The topological polar surface area (TPSA) is 81.9 Å². The lowest BCUT2D eigenvalue weighted by Gasteiger charge is -2.07. The Balaban J connectivity index is 1.52. The second-order valence-corrected chi connectivity index (χ2v) is 8.89. The van der Waals surface area contributed by atoms with Crippen molar-refractivity contribution >= 4 is 34.0 Å². The smallest absolute Gasteiger partial charge is 0.279 e. The highest BCUT2D eigenvalue weighted by Gasteiger charge is 2.20. The lowest BCUT2D eigenvalue weighted by molar-refractivity contribution is 0.102. The number of halogens is 1. The van der Waals surface area contributed by atoms with Crippen LogP contribution in [-0.4, -0.2) is 33.0 Å². The second-order valence-electron chi connectivity index (χ2n) is 7.37. The largest absolute Gasteiger partial charge is 0.497 e. The predicted molar refractivity (Wildman–Crippen MR) is 126 cm³/mol.